The van der Waals surface area contributed by atoms with E-state index >= 15 is 0 Å². The first-order valence-corrected chi connectivity index (χ1v) is 9.89. The van der Waals surface area contributed by atoms with Gasteiger partial charge in [0.1, 0.15) is 16.5 Å². The largest absolute Gasteiger partial charge is 0.429 e. The van der Waals surface area contributed by atoms with E-state index in [9.17, 15) is 4.39 Å². The van der Waals surface area contributed by atoms with E-state index in [4.69, 9.17) is 9.68 Å². The minimum absolute atomic E-state index is 0.203. The smallest absolute Gasteiger partial charge is 0.228 e. The van der Waals surface area contributed by atoms with Crippen molar-refractivity contribution >= 4 is 23.0 Å². The summed E-state index contributed by atoms with van der Waals surface area (Å²) in [6.45, 7) is 6.05. The summed E-state index contributed by atoms with van der Waals surface area (Å²) in [6.07, 6.45) is 5.46. The molecule has 0 N–H and O–H groups in total. The summed E-state index contributed by atoms with van der Waals surface area (Å²) in [4.78, 5) is 13.1. The molecule has 2 heterocycles. The van der Waals surface area contributed by atoms with Gasteiger partial charge in [-0.2, -0.15) is 5.26 Å². The van der Waals surface area contributed by atoms with Crippen LogP contribution in [0.3, 0.4) is 0 Å². The molecule has 0 saturated heterocycles. The second-order valence-corrected chi connectivity index (χ2v) is 7.34. The topological polar surface area (TPSA) is 75.1 Å². The monoisotopic (exact) mass is 418 g/mol. The maximum atomic E-state index is 13.3. The predicted octanol–water partition coefficient (Wildman–Crippen LogP) is 5.89. The van der Waals surface area contributed by atoms with Crippen molar-refractivity contribution in [3.8, 4) is 17.5 Å². The molecule has 1 aromatic carbocycles. The fourth-order valence-electron chi connectivity index (χ4n) is 2.47. The van der Waals surface area contributed by atoms with Gasteiger partial charge in [0.15, 0.2) is 5.09 Å². The summed E-state index contributed by atoms with van der Waals surface area (Å²) in [5, 5.41) is 10.1. The van der Waals surface area contributed by atoms with Gasteiger partial charge in [0.05, 0.1) is 12.5 Å². The SMILES string of the molecule is C=C(C=CC(CC#N)=NC)c1nc(-c2ccc(F)cc2)oc1Sc1ccc(C)cn1. The first-order valence-electron chi connectivity index (χ1n) is 9.07. The molecule has 30 heavy (non-hydrogen) atoms. The Hall–Kier alpha value is -3.50. The molecule has 0 aliphatic heterocycles. The van der Waals surface area contributed by atoms with E-state index in [1.165, 1.54) is 23.9 Å². The van der Waals surface area contributed by atoms with Crippen LogP contribution in [0.5, 0.6) is 0 Å². The molecule has 0 aliphatic carbocycles. The predicted molar refractivity (Wildman–Crippen MR) is 117 cm³/mol. The zero-order valence-electron chi connectivity index (χ0n) is 16.6. The lowest BCUT2D eigenvalue weighted by molar-refractivity contribution is 0.482. The highest BCUT2D eigenvalue weighted by atomic mass is 32.2. The van der Waals surface area contributed by atoms with Crippen LogP contribution in [0.25, 0.3) is 17.0 Å². The van der Waals surface area contributed by atoms with Gasteiger partial charge >= 0.3 is 0 Å². The van der Waals surface area contributed by atoms with E-state index in [-0.39, 0.29) is 12.2 Å². The Bertz CT molecular complexity index is 1140. The number of oxazole rings is 1. The molecule has 5 nitrogen and oxygen atoms in total. The van der Waals surface area contributed by atoms with E-state index in [0.29, 0.717) is 33.5 Å². The lowest BCUT2D eigenvalue weighted by Gasteiger charge is -2.01. The maximum absolute atomic E-state index is 13.3. The van der Waals surface area contributed by atoms with Crippen LogP contribution in [0.4, 0.5) is 4.39 Å². The van der Waals surface area contributed by atoms with Crippen molar-refractivity contribution in [1.29, 1.82) is 5.26 Å². The van der Waals surface area contributed by atoms with Crippen molar-refractivity contribution in [2.75, 3.05) is 7.05 Å². The zero-order chi connectivity index (χ0) is 21.5. The molecule has 0 fully saturated rings. The van der Waals surface area contributed by atoms with Crippen LogP contribution in [0, 0.1) is 24.1 Å². The molecule has 3 rings (SSSR count). The number of hydrogen-bond acceptors (Lipinski definition) is 6. The Morgan fingerprint density at radius 2 is 2.03 bits per heavy atom. The average molecular weight is 418 g/mol. The molecule has 3 aromatic rings. The Balaban J connectivity index is 1.97. The molecule has 0 unspecified atom stereocenters. The van der Waals surface area contributed by atoms with Crippen molar-refractivity contribution in [3.63, 3.8) is 0 Å². The van der Waals surface area contributed by atoms with Gasteiger partial charge in [-0.15, -0.1) is 0 Å². The highest BCUT2D eigenvalue weighted by Gasteiger charge is 2.18. The van der Waals surface area contributed by atoms with E-state index in [2.05, 4.69) is 27.6 Å². The van der Waals surface area contributed by atoms with Gasteiger partial charge in [0.2, 0.25) is 5.89 Å². The lowest BCUT2D eigenvalue weighted by atomic mass is 10.1. The molecule has 0 saturated carbocycles. The van der Waals surface area contributed by atoms with Gasteiger partial charge in [-0.1, -0.05) is 18.7 Å². The van der Waals surface area contributed by atoms with E-state index < -0.39 is 0 Å². The number of benzene rings is 1. The fourth-order valence-corrected chi connectivity index (χ4v) is 3.30. The minimum Gasteiger partial charge on any atom is -0.429 e. The van der Waals surface area contributed by atoms with Gasteiger partial charge in [-0.05, 0) is 66.2 Å². The van der Waals surface area contributed by atoms with Gasteiger partial charge < -0.3 is 4.42 Å². The molecule has 150 valence electrons. The number of rotatable bonds is 7. The van der Waals surface area contributed by atoms with E-state index in [0.717, 1.165) is 10.6 Å². The molecule has 0 amide bonds. The van der Waals surface area contributed by atoms with E-state index in [1.807, 2.05) is 19.1 Å². The number of pyridine rings is 1. The van der Waals surface area contributed by atoms with Crippen molar-refractivity contribution in [1.82, 2.24) is 9.97 Å². The van der Waals surface area contributed by atoms with Crippen LogP contribution in [0.15, 0.2) is 80.9 Å². The fraction of sp³-hybridized carbons (Fsp3) is 0.130. The number of aromatic nitrogens is 2. The first-order chi connectivity index (χ1) is 14.5. The number of halogens is 1. The molecular weight excluding hydrogens is 399 g/mol. The van der Waals surface area contributed by atoms with Gasteiger partial charge in [-0.3, -0.25) is 4.99 Å². The second-order valence-electron chi connectivity index (χ2n) is 6.35. The van der Waals surface area contributed by atoms with Crippen LogP contribution in [-0.2, 0) is 0 Å². The highest BCUT2D eigenvalue weighted by Crippen LogP contribution is 2.36. The minimum atomic E-state index is -0.333. The zero-order valence-corrected chi connectivity index (χ0v) is 17.4. The number of nitriles is 1. The summed E-state index contributed by atoms with van der Waals surface area (Å²) >= 11 is 1.33. The number of hydrogen-bond donors (Lipinski definition) is 0. The second kappa shape index (κ2) is 9.81. The van der Waals surface area contributed by atoms with Crippen molar-refractivity contribution in [2.45, 2.75) is 23.5 Å². The average Bonchev–Trinajstić information content (AvgIpc) is 3.17. The molecule has 0 atom stereocenters. The Morgan fingerprint density at radius 1 is 1.27 bits per heavy atom. The number of aliphatic imine (C=N–C) groups is 1. The number of nitrogens with zero attached hydrogens (tertiary/aromatic N) is 4. The highest BCUT2D eigenvalue weighted by molar-refractivity contribution is 7.99. The van der Waals surface area contributed by atoms with Gasteiger partial charge in [0, 0.05) is 24.5 Å². The molecule has 0 spiro atoms. The Morgan fingerprint density at radius 3 is 2.67 bits per heavy atom. The summed E-state index contributed by atoms with van der Waals surface area (Å²) in [6, 6.07) is 11.9. The maximum Gasteiger partial charge on any atom is 0.228 e. The number of aryl methyl sites for hydroxylation is 1. The van der Waals surface area contributed by atoms with Crippen molar-refractivity contribution in [2.24, 2.45) is 4.99 Å². The third-order valence-electron chi connectivity index (χ3n) is 4.10. The normalized spacial score (nSPS) is 11.6. The molecule has 0 bridgehead atoms. The van der Waals surface area contributed by atoms with Crippen molar-refractivity contribution in [3.05, 3.63) is 78.4 Å². The third-order valence-corrected chi connectivity index (χ3v) is 5.01. The first kappa shape index (κ1) is 21.2. The van der Waals surface area contributed by atoms with Crippen LogP contribution < -0.4 is 0 Å². The summed E-state index contributed by atoms with van der Waals surface area (Å²) in [7, 11) is 1.63. The Labute approximate surface area is 178 Å². The van der Waals surface area contributed by atoms with E-state index in [1.54, 1.807) is 37.5 Å². The Kier molecular flexibility index (Phi) is 6.94. The lowest BCUT2D eigenvalue weighted by Crippen LogP contribution is -1.92. The van der Waals surface area contributed by atoms with Crippen LogP contribution in [0.2, 0.25) is 0 Å². The molecule has 2 aromatic heterocycles. The van der Waals surface area contributed by atoms with Crippen LogP contribution in [0.1, 0.15) is 17.7 Å². The number of allylic oxidation sites excluding steroid dienone is 3. The van der Waals surface area contributed by atoms with Crippen molar-refractivity contribution < 1.29 is 8.81 Å². The van der Waals surface area contributed by atoms with Crippen LogP contribution >= 0.6 is 11.8 Å². The van der Waals surface area contributed by atoms with Gasteiger partial charge in [0.25, 0.3) is 0 Å². The summed E-state index contributed by atoms with van der Waals surface area (Å²) < 4.78 is 19.3. The molecular formula is C23H19FN4OS. The third kappa shape index (κ3) is 5.31. The molecule has 7 heteroatoms. The quantitative estimate of drug-likeness (QED) is 0.353. The summed E-state index contributed by atoms with van der Waals surface area (Å²) in [5.41, 5.74) is 3.49. The molecule has 0 aliphatic rings. The molecule has 0 radical (unpaired) electrons. The summed E-state index contributed by atoms with van der Waals surface area (Å²) in [5.74, 6) is 0.0239. The van der Waals surface area contributed by atoms with Gasteiger partial charge in [-0.25, -0.2) is 14.4 Å². The van der Waals surface area contributed by atoms with Crippen LogP contribution in [-0.4, -0.2) is 22.7 Å². The standard InChI is InChI=1S/C23H19FN4OS/c1-15-4-11-20(27-14-15)30-23-21(16(2)5-10-19(26-3)12-13-25)28-22(29-23)17-6-8-18(24)9-7-17/h4-11,14H,2,12H2,1,3H3.